The Hall–Kier alpha value is -2.22. The van der Waals surface area contributed by atoms with E-state index in [2.05, 4.69) is 6.58 Å². The standard InChI is InChI=1S/C17H18O2/c1-4-5-14-12(3)17(19)9-7-15(14)13-6-8-16(18)11(2)10-13/h4,6-10,18-19H,1,5H2,2-3H3. The van der Waals surface area contributed by atoms with Crippen molar-refractivity contribution in [3.63, 3.8) is 0 Å². The van der Waals surface area contributed by atoms with Gasteiger partial charge >= 0.3 is 0 Å². The first-order chi connectivity index (χ1) is 9.04. The maximum Gasteiger partial charge on any atom is 0.118 e. The Bertz CT molecular complexity index is 627. The van der Waals surface area contributed by atoms with Crippen LogP contribution in [0.4, 0.5) is 0 Å². The average Bonchev–Trinajstić information content (AvgIpc) is 2.39. The van der Waals surface area contributed by atoms with Crippen LogP contribution in [-0.4, -0.2) is 10.2 Å². The fourth-order valence-corrected chi connectivity index (χ4v) is 2.25. The normalized spacial score (nSPS) is 10.4. The van der Waals surface area contributed by atoms with Crippen LogP contribution in [0.3, 0.4) is 0 Å². The fourth-order valence-electron chi connectivity index (χ4n) is 2.25. The first-order valence-electron chi connectivity index (χ1n) is 6.27. The van der Waals surface area contributed by atoms with Gasteiger partial charge in [0.25, 0.3) is 0 Å². The minimum Gasteiger partial charge on any atom is -0.508 e. The second-order valence-electron chi connectivity index (χ2n) is 4.73. The van der Waals surface area contributed by atoms with Gasteiger partial charge in [0.1, 0.15) is 11.5 Å². The topological polar surface area (TPSA) is 40.5 Å². The van der Waals surface area contributed by atoms with Gasteiger partial charge in [-0.3, -0.25) is 0 Å². The molecule has 0 spiro atoms. The molecule has 0 aliphatic carbocycles. The van der Waals surface area contributed by atoms with Crippen molar-refractivity contribution in [2.45, 2.75) is 20.3 Å². The predicted octanol–water partition coefficient (Wildman–Crippen LogP) is 4.11. The van der Waals surface area contributed by atoms with Crippen molar-refractivity contribution in [2.75, 3.05) is 0 Å². The van der Waals surface area contributed by atoms with Gasteiger partial charge in [0.05, 0.1) is 0 Å². The lowest BCUT2D eigenvalue weighted by molar-refractivity contribution is 0.470. The summed E-state index contributed by atoms with van der Waals surface area (Å²) < 4.78 is 0. The molecule has 0 aromatic heterocycles. The number of phenols is 2. The Morgan fingerprint density at radius 3 is 2.37 bits per heavy atom. The van der Waals surface area contributed by atoms with Gasteiger partial charge < -0.3 is 10.2 Å². The van der Waals surface area contributed by atoms with Crippen LogP contribution >= 0.6 is 0 Å². The molecule has 2 N–H and O–H groups in total. The molecule has 0 saturated carbocycles. The number of hydrogen-bond donors (Lipinski definition) is 2. The summed E-state index contributed by atoms with van der Waals surface area (Å²) in [5.74, 6) is 0.598. The number of phenolic OH excluding ortho intramolecular Hbond substituents is 2. The number of hydrogen-bond acceptors (Lipinski definition) is 2. The molecule has 0 atom stereocenters. The predicted molar refractivity (Wildman–Crippen MR) is 78.6 cm³/mol. The molecule has 2 aromatic rings. The van der Waals surface area contributed by atoms with E-state index in [0.29, 0.717) is 17.9 Å². The Morgan fingerprint density at radius 1 is 1.05 bits per heavy atom. The third-order valence-electron chi connectivity index (χ3n) is 3.43. The van der Waals surface area contributed by atoms with E-state index in [-0.39, 0.29) is 0 Å². The lowest BCUT2D eigenvalue weighted by Crippen LogP contribution is -1.93. The van der Waals surface area contributed by atoms with Crippen LogP contribution in [0.25, 0.3) is 11.1 Å². The molecule has 98 valence electrons. The lowest BCUT2D eigenvalue weighted by Gasteiger charge is -2.14. The molecule has 0 aliphatic heterocycles. The van der Waals surface area contributed by atoms with Crippen LogP contribution in [0.1, 0.15) is 16.7 Å². The Morgan fingerprint density at radius 2 is 1.74 bits per heavy atom. The van der Waals surface area contributed by atoms with Gasteiger partial charge in [-0.05, 0) is 66.3 Å². The summed E-state index contributed by atoms with van der Waals surface area (Å²) in [6, 6.07) is 9.16. The van der Waals surface area contributed by atoms with Crippen LogP contribution in [0, 0.1) is 13.8 Å². The highest BCUT2D eigenvalue weighted by Gasteiger charge is 2.11. The summed E-state index contributed by atoms with van der Waals surface area (Å²) in [5.41, 5.74) is 4.89. The minimum absolute atomic E-state index is 0.296. The molecule has 0 bridgehead atoms. The van der Waals surface area contributed by atoms with Crippen LogP contribution < -0.4 is 0 Å². The van der Waals surface area contributed by atoms with E-state index < -0.39 is 0 Å². The molecule has 2 aromatic carbocycles. The monoisotopic (exact) mass is 254 g/mol. The smallest absolute Gasteiger partial charge is 0.118 e. The zero-order chi connectivity index (χ0) is 14.0. The third-order valence-corrected chi connectivity index (χ3v) is 3.43. The second-order valence-corrected chi connectivity index (χ2v) is 4.73. The van der Waals surface area contributed by atoms with E-state index in [9.17, 15) is 10.2 Å². The maximum absolute atomic E-state index is 9.82. The van der Waals surface area contributed by atoms with Crippen molar-refractivity contribution in [2.24, 2.45) is 0 Å². The lowest BCUT2D eigenvalue weighted by atomic mass is 9.92. The van der Waals surface area contributed by atoms with E-state index in [4.69, 9.17) is 0 Å². The summed E-state index contributed by atoms with van der Waals surface area (Å²) >= 11 is 0. The highest BCUT2D eigenvalue weighted by Crippen LogP contribution is 2.33. The van der Waals surface area contributed by atoms with Crippen molar-refractivity contribution in [3.05, 3.63) is 59.7 Å². The first-order valence-corrected chi connectivity index (χ1v) is 6.27. The number of allylic oxidation sites excluding steroid dienone is 1. The Labute approximate surface area is 113 Å². The van der Waals surface area contributed by atoms with E-state index in [1.165, 1.54) is 0 Å². The van der Waals surface area contributed by atoms with E-state index in [1.54, 1.807) is 12.1 Å². The molecule has 19 heavy (non-hydrogen) atoms. The molecule has 0 heterocycles. The molecule has 0 fully saturated rings. The molecule has 0 saturated heterocycles. The zero-order valence-electron chi connectivity index (χ0n) is 11.3. The Kier molecular flexibility index (Phi) is 3.61. The van der Waals surface area contributed by atoms with E-state index in [0.717, 1.165) is 27.8 Å². The SMILES string of the molecule is C=CCc1c(-c2ccc(O)c(C)c2)ccc(O)c1C. The zero-order valence-corrected chi connectivity index (χ0v) is 11.3. The van der Waals surface area contributed by atoms with Crippen molar-refractivity contribution < 1.29 is 10.2 Å². The molecule has 0 amide bonds. The molecular weight excluding hydrogens is 236 g/mol. The number of benzene rings is 2. The quantitative estimate of drug-likeness (QED) is 0.809. The molecule has 0 radical (unpaired) electrons. The Balaban J connectivity index is 2.63. The molecule has 0 aliphatic rings. The van der Waals surface area contributed by atoms with Gasteiger partial charge in [0.15, 0.2) is 0 Å². The van der Waals surface area contributed by atoms with Crippen LogP contribution in [0.15, 0.2) is 43.0 Å². The largest absolute Gasteiger partial charge is 0.508 e. The van der Waals surface area contributed by atoms with Crippen molar-refractivity contribution in [1.82, 2.24) is 0 Å². The van der Waals surface area contributed by atoms with E-state index in [1.807, 2.05) is 38.1 Å². The van der Waals surface area contributed by atoms with Crippen molar-refractivity contribution >= 4 is 0 Å². The maximum atomic E-state index is 9.82. The van der Waals surface area contributed by atoms with Gasteiger partial charge in [0.2, 0.25) is 0 Å². The molecule has 2 rings (SSSR count). The van der Waals surface area contributed by atoms with Crippen molar-refractivity contribution in [3.8, 4) is 22.6 Å². The number of aryl methyl sites for hydroxylation is 1. The van der Waals surface area contributed by atoms with E-state index >= 15 is 0 Å². The summed E-state index contributed by atoms with van der Waals surface area (Å²) in [6.45, 7) is 7.55. The van der Waals surface area contributed by atoms with Gasteiger partial charge in [-0.1, -0.05) is 18.2 Å². The van der Waals surface area contributed by atoms with Gasteiger partial charge in [0, 0.05) is 0 Å². The highest BCUT2D eigenvalue weighted by molar-refractivity contribution is 5.72. The molecule has 2 nitrogen and oxygen atoms in total. The summed E-state index contributed by atoms with van der Waals surface area (Å²) in [6.07, 6.45) is 2.54. The number of rotatable bonds is 3. The van der Waals surface area contributed by atoms with Gasteiger partial charge in [-0.25, -0.2) is 0 Å². The summed E-state index contributed by atoms with van der Waals surface area (Å²) in [4.78, 5) is 0. The number of aromatic hydroxyl groups is 2. The highest BCUT2D eigenvalue weighted by atomic mass is 16.3. The van der Waals surface area contributed by atoms with Crippen LogP contribution in [0.5, 0.6) is 11.5 Å². The third kappa shape index (κ3) is 2.48. The average molecular weight is 254 g/mol. The summed E-state index contributed by atoms with van der Waals surface area (Å²) in [7, 11) is 0. The molecular formula is C17H18O2. The molecule has 0 unspecified atom stereocenters. The fraction of sp³-hybridized carbons (Fsp3) is 0.176. The van der Waals surface area contributed by atoms with Gasteiger partial charge in [-0.2, -0.15) is 0 Å². The second kappa shape index (κ2) is 5.19. The van der Waals surface area contributed by atoms with Crippen LogP contribution in [-0.2, 0) is 6.42 Å². The first kappa shape index (κ1) is 13.2. The minimum atomic E-state index is 0.296. The van der Waals surface area contributed by atoms with Gasteiger partial charge in [-0.15, -0.1) is 6.58 Å². The summed E-state index contributed by atoms with van der Waals surface area (Å²) in [5, 5.41) is 19.4. The van der Waals surface area contributed by atoms with Crippen molar-refractivity contribution in [1.29, 1.82) is 0 Å². The van der Waals surface area contributed by atoms with Crippen LogP contribution in [0.2, 0.25) is 0 Å². The molecule has 2 heteroatoms.